The molecule has 0 spiro atoms. The maximum Gasteiger partial charge on any atom is 0.255 e. The molecule has 0 aliphatic carbocycles. The van der Waals surface area contributed by atoms with Crippen molar-refractivity contribution in [2.24, 2.45) is 5.92 Å². The summed E-state index contributed by atoms with van der Waals surface area (Å²) in [6, 6.07) is 17.8. The first-order valence-electron chi connectivity index (χ1n) is 8.93. The molecular weight excluding hydrogens is 312 g/mol. The van der Waals surface area contributed by atoms with E-state index in [0.717, 1.165) is 29.8 Å². The summed E-state index contributed by atoms with van der Waals surface area (Å²) in [5.41, 5.74) is 2.69. The molecule has 1 atom stereocenters. The number of hydrogen-bond acceptors (Lipinski definition) is 3. The van der Waals surface area contributed by atoms with Crippen molar-refractivity contribution in [3.63, 3.8) is 0 Å². The molecule has 1 fully saturated rings. The number of aliphatic hydroxyl groups excluding tert-OH is 1. The van der Waals surface area contributed by atoms with Crippen LogP contribution in [0.5, 0.6) is 0 Å². The molecule has 4 heteroatoms. The Morgan fingerprint density at radius 1 is 1.08 bits per heavy atom. The lowest BCUT2D eigenvalue weighted by molar-refractivity contribution is 0.0522. The van der Waals surface area contributed by atoms with E-state index in [2.05, 4.69) is 4.90 Å². The summed E-state index contributed by atoms with van der Waals surface area (Å²) in [5.74, 6) is 0.369. The third-order valence-corrected chi connectivity index (χ3v) is 5.15. The van der Waals surface area contributed by atoms with Gasteiger partial charge in [-0.2, -0.15) is 0 Å². The zero-order valence-corrected chi connectivity index (χ0v) is 14.9. The summed E-state index contributed by atoms with van der Waals surface area (Å²) in [6.45, 7) is 3.25. The fourth-order valence-electron chi connectivity index (χ4n) is 3.49. The van der Waals surface area contributed by atoms with E-state index in [1.165, 1.54) is 0 Å². The van der Waals surface area contributed by atoms with Gasteiger partial charge in [-0.1, -0.05) is 30.3 Å². The number of amides is 1. The van der Waals surface area contributed by atoms with Gasteiger partial charge in [0.05, 0.1) is 17.4 Å². The van der Waals surface area contributed by atoms with Crippen LogP contribution in [0, 0.1) is 5.92 Å². The lowest BCUT2D eigenvalue weighted by Gasteiger charge is -2.34. The summed E-state index contributed by atoms with van der Waals surface area (Å²) < 4.78 is 0. The van der Waals surface area contributed by atoms with Gasteiger partial charge in [-0.05, 0) is 49.9 Å². The molecule has 0 saturated carbocycles. The normalized spacial score (nSPS) is 16.5. The van der Waals surface area contributed by atoms with E-state index < -0.39 is 0 Å². The number of likely N-dealkylation sites (tertiary alicyclic amines) is 1. The Morgan fingerprint density at radius 2 is 1.68 bits per heavy atom. The molecule has 1 amide bonds. The second-order valence-corrected chi connectivity index (χ2v) is 6.78. The SMILES string of the molecule is CC(O)C1CCN(C(=O)c2ccccc2N(C)c2ccccc2)CC1. The number of aliphatic hydroxyl groups is 1. The average Bonchev–Trinajstić information content (AvgIpc) is 2.67. The maximum absolute atomic E-state index is 13.1. The second kappa shape index (κ2) is 7.70. The van der Waals surface area contributed by atoms with Crippen molar-refractivity contribution in [3.05, 3.63) is 60.2 Å². The van der Waals surface area contributed by atoms with Crippen molar-refractivity contribution < 1.29 is 9.90 Å². The van der Waals surface area contributed by atoms with Gasteiger partial charge >= 0.3 is 0 Å². The predicted molar refractivity (Wildman–Crippen MR) is 101 cm³/mol. The van der Waals surface area contributed by atoms with Crippen LogP contribution in [0.1, 0.15) is 30.1 Å². The molecule has 1 unspecified atom stereocenters. The monoisotopic (exact) mass is 338 g/mol. The van der Waals surface area contributed by atoms with E-state index in [1.807, 2.05) is 73.5 Å². The van der Waals surface area contributed by atoms with Crippen molar-refractivity contribution in [1.29, 1.82) is 0 Å². The van der Waals surface area contributed by atoms with Crippen LogP contribution in [-0.4, -0.2) is 42.2 Å². The second-order valence-electron chi connectivity index (χ2n) is 6.78. The Kier molecular flexibility index (Phi) is 5.39. The first kappa shape index (κ1) is 17.5. The molecule has 25 heavy (non-hydrogen) atoms. The van der Waals surface area contributed by atoms with E-state index in [9.17, 15) is 9.90 Å². The fraction of sp³-hybridized carbons (Fsp3) is 0.381. The number of anilines is 2. The van der Waals surface area contributed by atoms with Gasteiger partial charge in [0.2, 0.25) is 0 Å². The summed E-state index contributed by atoms with van der Waals surface area (Å²) in [6.07, 6.45) is 1.42. The minimum Gasteiger partial charge on any atom is -0.393 e. The van der Waals surface area contributed by atoms with Gasteiger partial charge in [0.1, 0.15) is 0 Å². The minimum absolute atomic E-state index is 0.0717. The van der Waals surface area contributed by atoms with Crippen LogP contribution in [-0.2, 0) is 0 Å². The smallest absolute Gasteiger partial charge is 0.255 e. The number of hydrogen-bond donors (Lipinski definition) is 1. The van der Waals surface area contributed by atoms with Crippen LogP contribution >= 0.6 is 0 Å². The quantitative estimate of drug-likeness (QED) is 0.925. The molecule has 0 radical (unpaired) electrons. The summed E-state index contributed by atoms with van der Waals surface area (Å²) in [4.78, 5) is 17.0. The molecule has 4 nitrogen and oxygen atoms in total. The Bertz CT molecular complexity index is 707. The third kappa shape index (κ3) is 3.85. The van der Waals surface area contributed by atoms with Gasteiger partial charge in [-0.3, -0.25) is 4.79 Å². The zero-order chi connectivity index (χ0) is 17.8. The molecule has 2 aromatic rings. The van der Waals surface area contributed by atoms with E-state index in [1.54, 1.807) is 0 Å². The van der Waals surface area contributed by atoms with Crippen molar-refractivity contribution in [2.45, 2.75) is 25.9 Å². The molecule has 1 heterocycles. The Hall–Kier alpha value is -2.33. The van der Waals surface area contributed by atoms with Crippen LogP contribution in [0.4, 0.5) is 11.4 Å². The number of carbonyl (C=O) groups is 1. The largest absolute Gasteiger partial charge is 0.393 e. The standard InChI is InChI=1S/C21H26N2O2/c1-16(24)17-12-14-23(15-13-17)21(25)19-10-6-7-11-20(19)22(2)18-8-4-3-5-9-18/h3-11,16-17,24H,12-15H2,1-2H3. The van der Waals surface area contributed by atoms with E-state index in [0.29, 0.717) is 19.0 Å². The highest BCUT2D eigenvalue weighted by Crippen LogP contribution is 2.29. The summed E-state index contributed by atoms with van der Waals surface area (Å²) >= 11 is 0. The number of para-hydroxylation sites is 2. The lowest BCUT2D eigenvalue weighted by atomic mass is 9.92. The number of rotatable bonds is 4. The van der Waals surface area contributed by atoms with E-state index in [-0.39, 0.29) is 12.0 Å². The number of piperidine rings is 1. The molecule has 1 saturated heterocycles. The number of benzene rings is 2. The topological polar surface area (TPSA) is 43.8 Å². The lowest BCUT2D eigenvalue weighted by Crippen LogP contribution is -2.41. The van der Waals surface area contributed by atoms with Gasteiger partial charge in [-0.25, -0.2) is 0 Å². The van der Waals surface area contributed by atoms with Gasteiger partial charge < -0.3 is 14.9 Å². The van der Waals surface area contributed by atoms with E-state index in [4.69, 9.17) is 0 Å². The average molecular weight is 338 g/mol. The van der Waals surface area contributed by atoms with Crippen LogP contribution < -0.4 is 4.90 Å². The first-order valence-corrected chi connectivity index (χ1v) is 8.93. The Labute approximate surface area is 149 Å². The molecule has 1 aliphatic rings. The Balaban J connectivity index is 1.80. The van der Waals surface area contributed by atoms with Gasteiger partial charge in [-0.15, -0.1) is 0 Å². The van der Waals surface area contributed by atoms with Gasteiger partial charge in [0.15, 0.2) is 0 Å². The predicted octanol–water partition coefficient (Wildman–Crippen LogP) is 3.69. The summed E-state index contributed by atoms with van der Waals surface area (Å²) in [5, 5.41) is 9.75. The molecule has 132 valence electrons. The highest BCUT2D eigenvalue weighted by Gasteiger charge is 2.27. The molecule has 3 rings (SSSR count). The number of carbonyl (C=O) groups excluding carboxylic acids is 1. The molecular formula is C21H26N2O2. The van der Waals surface area contributed by atoms with Crippen molar-refractivity contribution in [2.75, 3.05) is 25.0 Å². The molecule has 1 aliphatic heterocycles. The molecule has 0 bridgehead atoms. The molecule has 1 N–H and O–H groups in total. The van der Waals surface area contributed by atoms with Crippen LogP contribution in [0.15, 0.2) is 54.6 Å². The van der Waals surface area contributed by atoms with Crippen molar-refractivity contribution >= 4 is 17.3 Å². The first-order chi connectivity index (χ1) is 12.1. The summed E-state index contributed by atoms with van der Waals surface area (Å²) in [7, 11) is 1.99. The number of nitrogens with zero attached hydrogens (tertiary/aromatic N) is 2. The molecule has 0 aromatic heterocycles. The highest BCUT2D eigenvalue weighted by atomic mass is 16.3. The maximum atomic E-state index is 13.1. The molecule has 2 aromatic carbocycles. The van der Waals surface area contributed by atoms with Crippen molar-refractivity contribution in [1.82, 2.24) is 4.90 Å². The van der Waals surface area contributed by atoms with Gasteiger partial charge in [0, 0.05) is 25.8 Å². The zero-order valence-electron chi connectivity index (χ0n) is 14.9. The van der Waals surface area contributed by atoms with Crippen LogP contribution in [0.3, 0.4) is 0 Å². The minimum atomic E-state index is -0.297. The van der Waals surface area contributed by atoms with Crippen LogP contribution in [0.25, 0.3) is 0 Å². The van der Waals surface area contributed by atoms with Crippen LogP contribution in [0.2, 0.25) is 0 Å². The third-order valence-electron chi connectivity index (χ3n) is 5.15. The highest BCUT2D eigenvalue weighted by molar-refractivity contribution is 6.00. The van der Waals surface area contributed by atoms with E-state index >= 15 is 0 Å². The fourth-order valence-corrected chi connectivity index (χ4v) is 3.49. The Morgan fingerprint density at radius 3 is 2.32 bits per heavy atom. The van der Waals surface area contributed by atoms with Gasteiger partial charge in [0.25, 0.3) is 5.91 Å². The van der Waals surface area contributed by atoms with Crippen molar-refractivity contribution in [3.8, 4) is 0 Å².